The van der Waals surface area contributed by atoms with Gasteiger partial charge in [-0.1, -0.05) is 53.6 Å². The molecule has 84 valence electrons. The maximum atomic E-state index is 6.25. The molecule has 0 bridgehead atoms. The zero-order chi connectivity index (χ0) is 11.6. The van der Waals surface area contributed by atoms with Crippen molar-refractivity contribution < 1.29 is 0 Å². The Labute approximate surface area is 106 Å². The third-order valence-electron chi connectivity index (χ3n) is 2.92. The molecule has 0 saturated carbocycles. The number of nitrogens with one attached hydrogen (secondary N) is 1. The van der Waals surface area contributed by atoms with E-state index in [9.17, 15) is 0 Å². The van der Waals surface area contributed by atoms with Crippen molar-refractivity contribution >= 4 is 23.2 Å². The molecule has 1 aromatic rings. The third-order valence-corrected chi connectivity index (χ3v) is 3.55. The summed E-state index contributed by atoms with van der Waals surface area (Å²) >= 11 is 12.5. The van der Waals surface area contributed by atoms with Gasteiger partial charge in [0, 0.05) is 15.6 Å². The van der Waals surface area contributed by atoms with E-state index >= 15 is 0 Å². The molecule has 16 heavy (non-hydrogen) atoms. The summed E-state index contributed by atoms with van der Waals surface area (Å²) in [6.45, 7) is 0. The summed E-state index contributed by atoms with van der Waals surface area (Å²) in [7, 11) is 1.92. The highest BCUT2D eigenvalue weighted by atomic mass is 35.5. The first-order chi connectivity index (χ1) is 7.69. The molecule has 1 aromatic carbocycles. The predicted molar refractivity (Wildman–Crippen MR) is 70.1 cm³/mol. The Balaban J connectivity index is 2.57. The molecule has 3 heteroatoms. The number of hydrogen-bond donors (Lipinski definition) is 1. The van der Waals surface area contributed by atoms with Gasteiger partial charge in [0.2, 0.25) is 0 Å². The molecule has 0 amide bonds. The van der Waals surface area contributed by atoms with Gasteiger partial charge in [0.25, 0.3) is 0 Å². The van der Waals surface area contributed by atoms with Crippen LogP contribution in [0, 0.1) is 0 Å². The monoisotopic (exact) mass is 253 g/mol. The van der Waals surface area contributed by atoms with Gasteiger partial charge in [-0.3, -0.25) is 0 Å². The highest BCUT2D eigenvalue weighted by molar-refractivity contribution is 6.36. The lowest BCUT2D eigenvalue weighted by Crippen LogP contribution is -2.38. The van der Waals surface area contributed by atoms with E-state index in [0.29, 0.717) is 10.0 Å². The van der Waals surface area contributed by atoms with E-state index in [0.717, 1.165) is 12.0 Å². The minimum atomic E-state index is -0.288. The van der Waals surface area contributed by atoms with Crippen molar-refractivity contribution in [2.24, 2.45) is 0 Å². The van der Waals surface area contributed by atoms with Crippen LogP contribution in [0.5, 0.6) is 0 Å². The molecule has 0 aromatic heterocycles. The second kappa shape index (κ2) is 4.62. The molecule has 1 nitrogen and oxygen atoms in total. The number of likely N-dealkylation sites (N-methyl/N-ethyl adjacent to an activating group) is 1. The Bertz CT molecular complexity index is 431. The summed E-state index contributed by atoms with van der Waals surface area (Å²) in [5.41, 5.74) is 0.658. The first-order valence-electron chi connectivity index (χ1n) is 5.17. The van der Waals surface area contributed by atoms with Crippen LogP contribution in [0.2, 0.25) is 10.0 Å². The van der Waals surface area contributed by atoms with Gasteiger partial charge in [-0.25, -0.2) is 0 Å². The highest BCUT2D eigenvalue weighted by Crippen LogP contribution is 2.38. The van der Waals surface area contributed by atoms with E-state index in [1.807, 2.05) is 37.4 Å². The molecule has 1 aliphatic carbocycles. The molecule has 1 N–H and O–H groups in total. The average Bonchev–Trinajstić information content (AvgIpc) is 2.30. The minimum Gasteiger partial charge on any atom is -0.307 e. The van der Waals surface area contributed by atoms with Crippen molar-refractivity contribution in [1.82, 2.24) is 5.32 Å². The van der Waals surface area contributed by atoms with Gasteiger partial charge in [-0.05, 0) is 25.6 Å². The van der Waals surface area contributed by atoms with Crippen LogP contribution in [0.4, 0.5) is 0 Å². The standard InChI is InChI=1S/C13H13Cl2N/c1-16-13(8-3-2-4-9-13)12-10(14)6-5-7-11(12)15/h2-8,16H,9H2,1H3. The molecule has 0 spiro atoms. The van der Waals surface area contributed by atoms with Crippen LogP contribution in [-0.4, -0.2) is 7.05 Å². The van der Waals surface area contributed by atoms with Crippen molar-refractivity contribution in [3.63, 3.8) is 0 Å². The lowest BCUT2D eigenvalue weighted by molar-refractivity contribution is 0.458. The minimum absolute atomic E-state index is 0.288. The number of benzene rings is 1. The molecule has 0 radical (unpaired) electrons. The van der Waals surface area contributed by atoms with Crippen LogP contribution in [0.3, 0.4) is 0 Å². The van der Waals surface area contributed by atoms with Crippen LogP contribution in [-0.2, 0) is 5.54 Å². The van der Waals surface area contributed by atoms with Crippen LogP contribution in [0.25, 0.3) is 0 Å². The summed E-state index contributed by atoms with van der Waals surface area (Å²) in [6.07, 6.45) is 9.10. The number of hydrogen-bond acceptors (Lipinski definition) is 1. The lowest BCUT2D eigenvalue weighted by atomic mass is 9.84. The largest absolute Gasteiger partial charge is 0.307 e. The Hall–Kier alpha value is -0.760. The average molecular weight is 254 g/mol. The van der Waals surface area contributed by atoms with E-state index < -0.39 is 0 Å². The summed E-state index contributed by atoms with van der Waals surface area (Å²) in [6, 6.07) is 5.60. The number of halogens is 2. The zero-order valence-corrected chi connectivity index (χ0v) is 10.5. The fourth-order valence-corrected chi connectivity index (χ4v) is 2.77. The smallest absolute Gasteiger partial charge is 0.0685 e. The van der Waals surface area contributed by atoms with E-state index in [4.69, 9.17) is 23.2 Å². The first-order valence-corrected chi connectivity index (χ1v) is 5.93. The van der Waals surface area contributed by atoms with Crippen LogP contribution in [0.1, 0.15) is 12.0 Å². The van der Waals surface area contributed by atoms with E-state index in [-0.39, 0.29) is 5.54 Å². The summed E-state index contributed by atoms with van der Waals surface area (Å²) in [5.74, 6) is 0. The van der Waals surface area contributed by atoms with E-state index in [1.54, 1.807) is 0 Å². The number of rotatable bonds is 2. The fraction of sp³-hybridized carbons (Fsp3) is 0.231. The Morgan fingerprint density at radius 1 is 1.19 bits per heavy atom. The summed E-state index contributed by atoms with van der Waals surface area (Å²) in [5, 5.41) is 4.70. The van der Waals surface area contributed by atoms with Gasteiger partial charge in [-0.2, -0.15) is 0 Å². The maximum Gasteiger partial charge on any atom is 0.0685 e. The second-order valence-electron chi connectivity index (χ2n) is 3.81. The van der Waals surface area contributed by atoms with Crippen LogP contribution in [0.15, 0.2) is 42.5 Å². The van der Waals surface area contributed by atoms with Crippen molar-refractivity contribution in [1.29, 1.82) is 0 Å². The Morgan fingerprint density at radius 2 is 1.88 bits per heavy atom. The first kappa shape index (κ1) is 11.7. The van der Waals surface area contributed by atoms with Gasteiger partial charge in [0.15, 0.2) is 0 Å². The normalized spacial score (nSPS) is 23.7. The molecule has 0 aliphatic heterocycles. The molecule has 1 aliphatic rings. The predicted octanol–water partition coefficient (Wildman–Crippen LogP) is 3.92. The topological polar surface area (TPSA) is 12.0 Å². The van der Waals surface area contributed by atoms with Crippen molar-refractivity contribution in [3.05, 3.63) is 58.1 Å². The molecular weight excluding hydrogens is 241 g/mol. The lowest BCUT2D eigenvalue weighted by Gasteiger charge is -2.33. The maximum absolute atomic E-state index is 6.25. The summed E-state index contributed by atoms with van der Waals surface area (Å²) in [4.78, 5) is 0. The van der Waals surface area contributed by atoms with Gasteiger partial charge in [-0.15, -0.1) is 0 Å². The molecule has 1 atom stereocenters. The third kappa shape index (κ3) is 1.91. The second-order valence-corrected chi connectivity index (χ2v) is 4.62. The van der Waals surface area contributed by atoms with Crippen molar-refractivity contribution in [2.45, 2.75) is 12.0 Å². The van der Waals surface area contributed by atoms with E-state index in [2.05, 4.69) is 17.5 Å². The molecular formula is C13H13Cl2N. The molecule has 1 unspecified atom stereocenters. The zero-order valence-electron chi connectivity index (χ0n) is 9.00. The van der Waals surface area contributed by atoms with E-state index in [1.165, 1.54) is 0 Å². The van der Waals surface area contributed by atoms with Gasteiger partial charge in [0.1, 0.15) is 0 Å². The fourth-order valence-electron chi connectivity index (χ4n) is 2.04. The molecule has 2 rings (SSSR count). The number of allylic oxidation sites excluding steroid dienone is 2. The molecule has 0 fully saturated rings. The summed E-state index contributed by atoms with van der Waals surface area (Å²) < 4.78 is 0. The van der Waals surface area contributed by atoms with Gasteiger partial charge >= 0.3 is 0 Å². The quantitative estimate of drug-likeness (QED) is 0.843. The Morgan fingerprint density at radius 3 is 2.38 bits per heavy atom. The molecule has 0 heterocycles. The van der Waals surface area contributed by atoms with Crippen molar-refractivity contribution in [3.8, 4) is 0 Å². The van der Waals surface area contributed by atoms with Gasteiger partial charge < -0.3 is 5.32 Å². The Kier molecular flexibility index (Phi) is 3.38. The van der Waals surface area contributed by atoms with Crippen molar-refractivity contribution in [2.75, 3.05) is 7.05 Å². The highest BCUT2D eigenvalue weighted by Gasteiger charge is 2.31. The molecule has 0 saturated heterocycles. The van der Waals surface area contributed by atoms with Crippen LogP contribution >= 0.6 is 23.2 Å². The van der Waals surface area contributed by atoms with Crippen LogP contribution < -0.4 is 5.32 Å². The SMILES string of the molecule is CNC1(c2c(Cl)cccc2Cl)C=CC=CC1. The van der Waals surface area contributed by atoms with Gasteiger partial charge in [0.05, 0.1) is 5.54 Å².